The Hall–Kier alpha value is -3.47. The lowest BCUT2D eigenvalue weighted by atomic mass is 10.0. The SMILES string of the molecule is COc1cc2cnc(-c3ccc(-c4ccccc4)c(F)c3)nc2cc1OC. The molecule has 5 heteroatoms. The van der Waals surface area contributed by atoms with Gasteiger partial charge in [0, 0.05) is 28.8 Å². The van der Waals surface area contributed by atoms with Crippen molar-refractivity contribution in [1.29, 1.82) is 0 Å². The third-order valence-electron chi connectivity index (χ3n) is 4.40. The van der Waals surface area contributed by atoms with E-state index in [2.05, 4.69) is 9.97 Å². The summed E-state index contributed by atoms with van der Waals surface area (Å²) >= 11 is 0. The van der Waals surface area contributed by atoms with Gasteiger partial charge in [-0.3, -0.25) is 0 Å². The van der Waals surface area contributed by atoms with Crippen LogP contribution in [0.5, 0.6) is 11.5 Å². The molecule has 0 aliphatic rings. The predicted molar refractivity (Wildman–Crippen MR) is 103 cm³/mol. The van der Waals surface area contributed by atoms with E-state index in [1.165, 1.54) is 6.07 Å². The largest absolute Gasteiger partial charge is 0.493 e. The van der Waals surface area contributed by atoms with E-state index < -0.39 is 0 Å². The zero-order valence-electron chi connectivity index (χ0n) is 14.9. The Bertz CT molecular complexity index is 1110. The number of aromatic nitrogens is 2. The molecular formula is C22H17FN2O2. The molecule has 4 nitrogen and oxygen atoms in total. The zero-order chi connectivity index (χ0) is 18.8. The first-order valence-corrected chi connectivity index (χ1v) is 8.43. The Morgan fingerprint density at radius 1 is 0.815 bits per heavy atom. The molecule has 0 bridgehead atoms. The molecule has 0 atom stereocenters. The van der Waals surface area contributed by atoms with E-state index in [9.17, 15) is 4.39 Å². The quantitative estimate of drug-likeness (QED) is 0.507. The van der Waals surface area contributed by atoms with Gasteiger partial charge < -0.3 is 9.47 Å². The highest BCUT2D eigenvalue weighted by Crippen LogP contribution is 2.32. The van der Waals surface area contributed by atoms with Crippen LogP contribution >= 0.6 is 0 Å². The number of hydrogen-bond donors (Lipinski definition) is 0. The molecule has 0 radical (unpaired) electrons. The van der Waals surface area contributed by atoms with Gasteiger partial charge in [0.05, 0.1) is 19.7 Å². The molecule has 4 aromatic rings. The monoisotopic (exact) mass is 360 g/mol. The van der Waals surface area contributed by atoms with E-state index in [0.717, 1.165) is 10.9 Å². The van der Waals surface area contributed by atoms with Gasteiger partial charge in [-0.15, -0.1) is 0 Å². The van der Waals surface area contributed by atoms with Crippen molar-refractivity contribution in [2.75, 3.05) is 14.2 Å². The van der Waals surface area contributed by atoms with Crippen molar-refractivity contribution < 1.29 is 13.9 Å². The van der Waals surface area contributed by atoms with E-state index >= 15 is 0 Å². The fourth-order valence-corrected chi connectivity index (χ4v) is 3.00. The summed E-state index contributed by atoms with van der Waals surface area (Å²) in [4.78, 5) is 8.94. The fourth-order valence-electron chi connectivity index (χ4n) is 3.00. The number of methoxy groups -OCH3 is 2. The minimum absolute atomic E-state index is 0.310. The maximum absolute atomic E-state index is 14.7. The van der Waals surface area contributed by atoms with E-state index in [1.807, 2.05) is 42.5 Å². The molecule has 3 aromatic carbocycles. The van der Waals surface area contributed by atoms with Gasteiger partial charge >= 0.3 is 0 Å². The second-order valence-electron chi connectivity index (χ2n) is 6.02. The summed E-state index contributed by atoms with van der Waals surface area (Å²) in [6.45, 7) is 0. The minimum atomic E-state index is -0.310. The summed E-state index contributed by atoms with van der Waals surface area (Å²) in [6.07, 6.45) is 1.70. The highest BCUT2D eigenvalue weighted by Gasteiger charge is 2.11. The number of benzene rings is 3. The van der Waals surface area contributed by atoms with E-state index in [0.29, 0.717) is 34.0 Å². The number of ether oxygens (including phenoxy) is 2. The molecule has 4 rings (SSSR count). The van der Waals surface area contributed by atoms with Gasteiger partial charge in [0.1, 0.15) is 5.82 Å². The summed E-state index contributed by atoms with van der Waals surface area (Å²) in [7, 11) is 3.15. The van der Waals surface area contributed by atoms with Gasteiger partial charge in [0.15, 0.2) is 17.3 Å². The highest BCUT2D eigenvalue weighted by atomic mass is 19.1. The lowest BCUT2D eigenvalue weighted by Crippen LogP contribution is -1.95. The van der Waals surface area contributed by atoms with Gasteiger partial charge in [0.25, 0.3) is 0 Å². The smallest absolute Gasteiger partial charge is 0.162 e. The molecule has 0 N–H and O–H groups in total. The van der Waals surface area contributed by atoms with Crippen LogP contribution in [0, 0.1) is 5.82 Å². The van der Waals surface area contributed by atoms with Crippen LogP contribution in [-0.2, 0) is 0 Å². The van der Waals surface area contributed by atoms with E-state index in [4.69, 9.17) is 9.47 Å². The lowest BCUT2D eigenvalue weighted by molar-refractivity contribution is 0.356. The summed E-state index contributed by atoms with van der Waals surface area (Å²) in [5.41, 5.74) is 2.69. The first-order valence-electron chi connectivity index (χ1n) is 8.43. The third kappa shape index (κ3) is 3.19. The molecule has 0 unspecified atom stereocenters. The van der Waals surface area contributed by atoms with Gasteiger partial charge in [-0.25, -0.2) is 14.4 Å². The van der Waals surface area contributed by atoms with Gasteiger partial charge in [-0.1, -0.05) is 42.5 Å². The zero-order valence-corrected chi connectivity index (χ0v) is 14.9. The van der Waals surface area contributed by atoms with Crippen molar-refractivity contribution >= 4 is 10.9 Å². The van der Waals surface area contributed by atoms with Crippen molar-refractivity contribution in [3.63, 3.8) is 0 Å². The highest BCUT2D eigenvalue weighted by molar-refractivity contribution is 5.83. The Morgan fingerprint density at radius 3 is 2.26 bits per heavy atom. The van der Waals surface area contributed by atoms with E-state index in [1.54, 1.807) is 32.5 Å². The molecular weight excluding hydrogens is 343 g/mol. The first-order chi connectivity index (χ1) is 13.2. The van der Waals surface area contributed by atoms with Crippen molar-refractivity contribution in [1.82, 2.24) is 9.97 Å². The molecule has 0 fully saturated rings. The third-order valence-corrected chi connectivity index (χ3v) is 4.40. The average Bonchev–Trinajstić information content (AvgIpc) is 2.72. The van der Waals surface area contributed by atoms with Crippen LogP contribution < -0.4 is 9.47 Å². The van der Waals surface area contributed by atoms with Gasteiger partial charge in [-0.2, -0.15) is 0 Å². The molecule has 0 aliphatic carbocycles. The molecule has 0 saturated heterocycles. The number of fused-ring (bicyclic) bond motifs is 1. The maximum Gasteiger partial charge on any atom is 0.162 e. The molecule has 0 spiro atoms. The van der Waals surface area contributed by atoms with Crippen LogP contribution in [0.25, 0.3) is 33.4 Å². The topological polar surface area (TPSA) is 44.2 Å². The summed E-state index contributed by atoms with van der Waals surface area (Å²) in [5.74, 6) is 1.34. The maximum atomic E-state index is 14.7. The first kappa shape index (κ1) is 17.0. The second kappa shape index (κ2) is 7.03. The standard InChI is InChI=1S/C22H17FN2O2/c1-26-20-11-16-13-24-22(25-19(16)12-21(20)27-2)15-8-9-17(18(23)10-15)14-6-4-3-5-7-14/h3-13H,1-2H3. The molecule has 0 aliphatic heterocycles. The van der Waals surface area contributed by atoms with Crippen LogP contribution in [0.15, 0.2) is 66.9 Å². The summed E-state index contributed by atoms with van der Waals surface area (Å²) in [6, 6.07) is 18.1. The molecule has 0 saturated carbocycles. The normalized spacial score (nSPS) is 10.8. The fraction of sp³-hybridized carbons (Fsp3) is 0.0909. The molecule has 0 amide bonds. The second-order valence-corrected chi connectivity index (χ2v) is 6.02. The summed E-state index contributed by atoms with van der Waals surface area (Å²) in [5, 5.41) is 0.817. The Labute approximate surface area is 156 Å². The van der Waals surface area contributed by atoms with Gasteiger partial charge in [-0.05, 0) is 17.7 Å². The van der Waals surface area contributed by atoms with Crippen LogP contribution in [0.1, 0.15) is 0 Å². The Balaban J connectivity index is 1.77. The Kier molecular flexibility index (Phi) is 4.42. The number of rotatable bonds is 4. The van der Waals surface area contributed by atoms with Crippen molar-refractivity contribution in [3.05, 3.63) is 72.7 Å². The lowest BCUT2D eigenvalue weighted by Gasteiger charge is -2.10. The predicted octanol–water partition coefficient (Wildman–Crippen LogP) is 5.12. The van der Waals surface area contributed by atoms with Crippen LogP contribution in [0.2, 0.25) is 0 Å². The van der Waals surface area contributed by atoms with Crippen LogP contribution in [-0.4, -0.2) is 24.2 Å². The molecule has 1 aromatic heterocycles. The van der Waals surface area contributed by atoms with Crippen molar-refractivity contribution in [3.8, 4) is 34.0 Å². The van der Waals surface area contributed by atoms with Crippen LogP contribution in [0.4, 0.5) is 4.39 Å². The number of nitrogens with zero attached hydrogens (tertiary/aromatic N) is 2. The molecule has 134 valence electrons. The van der Waals surface area contributed by atoms with Crippen molar-refractivity contribution in [2.24, 2.45) is 0 Å². The number of halogens is 1. The molecule has 27 heavy (non-hydrogen) atoms. The van der Waals surface area contributed by atoms with Crippen LogP contribution in [0.3, 0.4) is 0 Å². The number of hydrogen-bond acceptors (Lipinski definition) is 4. The van der Waals surface area contributed by atoms with Gasteiger partial charge in [0.2, 0.25) is 0 Å². The van der Waals surface area contributed by atoms with E-state index in [-0.39, 0.29) is 5.82 Å². The molecule has 1 heterocycles. The minimum Gasteiger partial charge on any atom is -0.493 e. The average molecular weight is 360 g/mol. The van der Waals surface area contributed by atoms with Crippen molar-refractivity contribution in [2.45, 2.75) is 0 Å². The Morgan fingerprint density at radius 2 is 1.56 bits per heavy atom. The summed E-state index contributed by atoms with van der Waals surface area (Å²) < 4.78 is 25.3.